The van der Waals surface area contributed by atoms with Crippen molar-refractivity contribution in [2.24, 2.45) is 11.7 Å². The fourth-order valence-electron chi connectivity index (χ4n) is 1.22. The standard InChI is InChI=1S/C10H20N2O3/c1-8(2)7-12(9(13)6-11)5-4-10(14)15-3/h8H,4-7,11H2,1-3H3. The minimum Gasteiger partial charge on any atom is -0.469 e. The van der Waals surface area contributed by atoms with Crippen LogP contribution in [-0.2, 0) is 14.3 Å². The molecule has 0 unspecified atom stereocenters. The first-order chi connectivity index (χ1) is 7.01. The zero-order valence-corrected chi connectivity index (χ0v) is 9.66. The molecule has 0 radical (unpaired) electrons. The highest BCUT2D eigenvalue weighted by molar-refractivity contribution is 5.78. The molecule has 2 N–H and O–H groups in total. The number of nitrogens with two attached hydrogens (primary N) is 1. The fraction of sp³-hybridized carbons (Fsp3) is 0.800. The molecule has 0 rings (SSSR count). The molecule has 0 fully saturated rings. The average Bonchev–Trinajstić information content (AvgIpc) is 2.21. The Bertz CT molecular complexity index is 217. The zero-order valence-electron chi connectivity index (χ0n) is 9.66. The van der Waals surface area contributed by atoms with Crippen LogP contribution in [0.5, 0.6) is 0 Å². The smallest absolute Gasteiger partial charge is 0.307 e. The van der Waals surface area contributed by atoms with Gasteiger partial charge in [0, 0.05) is 13.1 Å². The highest BCUT2D eigenvalue weighted by atomic mass is 16.5. The molecule has 0 atom stereocenters. The lowest BCUT2D eigenvalue weighted by Crippen LogP contribution is -2.39. The van der Waals surface area contributed by atoms with E-state index in [-0.39, 0.29) is 24.8 Å². The van der Waals surface area contributed by atoms with Gasteiger partial charge in [-0.2, -0.15) is 0 Å². The van der Waals surface area contributed by atoms with Gasteiger partial charge in [-0.1, -0.05) is 13.8 Å². The molecule has 0 aromatic heterocycles. The number of nitrogens with zero attached hydrogens (tertiary/aromatic N) is 1. The summed E-state index contributed by atoms with van der Waals surface area (Å²) in [6.07, 6.45) is 0.217. The van der Waals surface area contributed by atoms with Crippen LogP contribution in [0, 0.1) is 5.92 Å². The number of carbonyl (C=O) groups is 2. The number of rotatable bonds is 6. The largest absolute Gasteiger partial charge is 0.469 e. The van der Waals surface area contributed by atoms with E-state index in [0.29, 0.717) is 19.0 Å². The van der Waals surface area contributed by atoms with Crippen molar-refractivity contribution < 1.29 is 14.3 Å². The van der Waals surface area contributed by atoms with E-state index < -0.39 is 0 Å². The number of hydrogen-bond acceptors (Lipinski definition) is 4. The summed E-state index contributed by atoms with van der Waals surface area (Å²) in [6.45, 7) is 4.99. The van der Waals surface area contributed by atoms with Crippen LogP contribution in [0.1, 0.15) is 20.3 Å². The zero-order chi connectivity index (χ0) is 11.8. The number of amides is 1. The maximum atomic E-state index is 11.4. The predicted octanol–water partition coefficient (Wildman–Crippen LogP) is -0.00720. The van der Waals surface area contributed by atoms with Crippen molar-refractivity contribution in [3.05, 3.63) is 0 Å². The summed E-state index contributed by atoms with van der Waals surface area (Å²) < 4.78 is 4.51. The third kappa shape index (κ3) is 6.06. The van der Waals surface area contributed by atoms with E-state index in [1.165, 1.54) is 7.11 Å². The van der Waals surface area contributed by atoms with Crippen molar-refractivity contribution in [3.63, 3.8) is 0 Å². The molecule has 0 aliphatic carbocycles. The summed E-state index contributed by atoms with van der Waals surface area (Å²) in [5.41, 5.74) is 5.28. The second-order valence-corrected chi connectivity index (χ2v) is 3.76. The quantitative estimate of drug-likeness (QED) is 0.634. The third-order valence-electron chi connectivity index (χ3n) is 1.93. The molecule has 0 aliphatic rings. The SMILES string of the molecule is COC(=O)CCN(CC(C)C)C(=O)CN. The Labute approximate surface area is 90.6 Å². The Morgan fingerprint density at radius 3 is 2.40 bits per heavy atom. The molecule has 88 valence electrons. The summed E-state index contributed by atoms with van der Waals surface area (Å²) in [4.78, 5) is 23.9. The Morgan fingerprint density at radius 2 is 2.00 bits per heavy atom. The molecular weight excluding hydrogens is 196 g/mol. The van der Waals surface area contributed by atoms with Gasteiger partial charge in [0.2, 0.25) is 5.91 Å². The lowest BCUT2D eigenvalue weighted by molar-refractivity contribution is -0.141. The Morgan fingerprint density at radius 1 is 1.40 bits per heavy atom. The van der Waals surface area contributed by atoms with Crippen LogP contribution in [0.2, 0.25) is 0 Å². The van der Waals surface area contributed by atoms with Gasteiger partial charge < -0.3 is 15.4 Å². The van der Waals surface area contributed by atoms with Gasteiger partial charge >= 0.3 is 5.97 Å². The van der Waals surface area contributed by atoms with Gasteiger partial charge in [0.05, 0.1) is 20.1 Å². The van der Waals surface area contributed by atoms with Gasteiger partial charge in [-0.15, -0.1) is 0 Å². The topological polar surface area (TPSA) is 72.6 Å². The first kappa shape index (κ1) is 13.9. The molecule has 0 heterocycles. The van der Waals surface area contributed by atoms with Gasteiger partial charge in [-0.25, -0.2) is 0 Å². The molecular formula is C10H20N2O3. The van der Waals surface area contributed by atoms with Crippen molar-refractivity contribution >= 4 is 11.9 Å². The average molecular weight is 216 g/mol. The van der Waals surface area contributed by atoms with Crippen LogP contribution in [0.4, 0.5) is 0 Å². The van der Waals surface area contributed by atoms with Gasteiger partial charge in [0.1, 0.15) is 0 Å². The first-order valence-corrected chi connectivity index (χ1v) is 5.05. The third-order valence-corrected chi connectivity index (χ3v) is 1.93. The summed E-state index contributed by atoms with van der Waals surface area (Å²) in [6, 6.07) is 0. The minimum absolute atomic E-state index is 0.0199. The van der Waals surface area contributed by atoms with Crippen LogP contribution in [0.15, 0.2) is 0 Å². The van der Waals surface area contributed by atoms with Crippen LogP contribution < -0.4 is 5.73 Å². The lowest BCUT2D eigenvalue weighted by Gasteiger charge is -2.23. The summed E-state index contributed by atoms with van der Waals surface area (Å²) in [5, 5.41) is 0. The summed E-state index contributed by atoms with van der Waals surface area (Å²) >= 11 is 0. The molecule has 0 spiro atoms. The Hall–Kier alpha value is -1.10. The van der Waals surface area contributed by atoms with Gasteiger partial charge in [-0.3, -0.25) is 9.59 Å². The second-order valence-electron chi connectivity index (χ2n) is 3.76. The molecule has 1 amide bonds. The number of methoxy groups -OCH3 is 1. The highest BCUT2D eigenvalue weighted by Gasteiger charge is 2.14. The van der Waals surface area contributed by atoms with Crippen LogP contribution in [0.25, 0.3) is 0 Å². The van der Waals surface area contributed by atoms with E-state index >= 15 is 0 Å². The Balaban J connectivity index is 4.12. The van der Waals surface area contributed by atoms with Crippen LogP contribution in [-0.4, -0.2) is 43.5 Å². The van der Waals surface area contributed by atoms with Gasteiger partial charge in [0.15, 0.2) is 0 Å². The van der Waals surface area contributed by atoms with Crippen molar-refractivity contribution in [1.29, 1.82) is 0 Å². The predicted molar refractivity (Wildman–Crippen MR) is 57.1 cm³/mol. The van der Waals surface area contributed by atoms with E-state index in [1.807, 2.05) is 13.8 Å². The van der Waals surface area contributed by atoms with E-state index in [0.717, 1.165) is 0 Å². The number of ether oxygens (including phenoxy) is 1. The maximum absolute atomic E-state index is 11.4. The van der Waals surface area contributed by atoms with Gasteiger partial charge in [-0.05, 0) is 5.92 Å². The van der Waals surface area contributed by atoms with Crippen LogP contribution in [0.3, 0.4) is 0 Å². The van der Waals surface area contributed by atoms with E-state index in [1.54, 1.807) is 4.90 Å². The summed E-state index contributed by atoms with van der Waals surface area (Å²) in [7, 11) is 1.33. The summed E-state index contributed by atoms with van der Waals surface area (Å²) in [5.74, 6) is -0.0840. The van der Waals surface area contributed by atoms with Crippen molar-refractivity contribution in [1.82, 2.24) is 4.90 Å². The lowest BCUT2D eigenvalue weighted by atomic mass is 10.2. The molecule has 0 aliphatic heterocycles. The molecule has 0 bridgehead atoms. The molecule has 0 aromatic rings. The number of carbonyl (C=O) groups excluding carboxylic acids is 2. The first-order valence-electron chi connectivity index (χ1n) is 5.05. The number of esters is 1. The second kappa shape index (κ2) is 7.23. The van der Waals surface area contributed by atoms with Gasteiger partial charge in [0.25, 0.3) is 0 Å². The fourth-order valence-corrected chi connectivity index (χ4v) is 1.22. The van der Waals surface area contributed by atoms with E-state index in [9.17, 15) is 9.59 Å². The molecule has 5 nitrogen and oxygen atoms in total. The van der Waals surface area contributed by atoms with E-state index in [2.05, 4.69) is 4.74 Å². The van der Waals surface area contributed by atoms with Crippen molar-refractivity contribution in [2.45, 2.75) is 20.3 Å². The van der Waals surface area contributed by atoms with Crippen LogP contribution >= 0.6 is 0 Å². The highest BCUT2D eigenvalue weighted by Crippen LogP contribution is 2.01. The van der Waals surface area contributed by atoms with E-state index in [4.69, 9.17) is 5.73 Å². The maximum Gasteiger partial charge on any atom is 0.307 e. The monoisotopic (exact) mass is 216 g/mol. The normalized spacial score (nSPS) is 10.2. The minimum atomic E-state index is -0.312. The molecule has 0 aromatic carbocycles. The van der Waals surface area contributed by atoms with Crippen molar-refractivity contribution in [3.8, 4) is 0 Å². The molecule has 0 saturated heterocycles. The molecule has 5 heteroatoms. The number of hydrogen-bond donors (Lipinski definition) is 1. The van der Waals surface area contributed by atoms with Crippen molar-refractivity contribution in [2.75, 3.05) is 26.7 Å². The molecule has 15 heavy (non-hydrogen) atoms. The molecule has 0 saturated carbocycles. The Kier molecular flexibility index (Phi) is 6.70.